The molecule has 6 heteroatoms. The van der Waals surface area contributed by atoms with Gasteiger partial charge in [0.15, 0.2) is 0 Å². The van der Waals surface area contributed by atoms with Crippen LogP contribution in [0.2, 0.25) is 0 Å². The normalized spacial score (nSPS) is 11.8. The largest absolute Gasteiger partial charge is 0.465 e. The molecule has 6 nitrogen and oxygen atoms in total. The zero-order valence-corrected chi connectivity index (χ0v) is 16.1. The molecule has 2 rings (SSSR count). The van der Waals surface area contributed by atoms with Crippen molar-refractivity contribution < 1.29 is 19.7 Å². The predicted octanol–water partition coefficient (Wildman–Crippen LogP) is 4.18. The molecule has 0 aliphatic rings. The van der Waals surface area contributed by atoms with Crippen molar-refractivity contribution in [2.75, 3.05) is 25.0 Å². The number of hydrogen-bond donors (Lipinski definition) is 4. The minimum absolute atomic E-state index is 0.223. The van der Waals surface area contributed by atoms with E-state index in [4.69, 9.17) is 9.84 Å². The van der Waals surface area contributed by atoms with Gasteiger partial charge in [0.25, 0.3) is 0 Å². The Bertz CT molecular complexity index is 694. The lowest BCUT2D eigenvalue weighted by atomic mass is 10.1. The van der Waals surface area contributed by atoms with Crippen LogP contribution in [-0.4, -0.2) is 36.0 Å². The molecule has 0 fully saturated rings. The van der Waals surface area contributed by atoms with Crippen molar-refractivity contribution >= 4 is 11.8 Å². The number of hydrogen-bond acceptors (Lipinski definition) is 4. The van der Waals surface area contributed by atoms with Gasteiger partial charge < -0.3 is 25.6 Å². The van der Waals surface area contributed by atoms with E-state index < -0.39 is 12.2 Å². The maximum Gasteiger partial charge on any atom is 0.404 e. The van der Waals surface area contributed by atoms with Crippen LogP contribution in [0.25, 0.3) is 0 Å². The third-order valence-corrected chi connectivity index (χ3v) is 4.37. The SMILES string of the molecule is O=C(O)NCCC(O)c1cccc(NCCCCCOCc2ccccc2)c1. The van der Waals surface area contributed by atoms with Gasteiger partial charge in [-0.25, -0.2) is 4.79 Å². The Hall–Kier alpha value is -2.57. The van der Waals surface area contributed by atoms with E-state index in [9.17, 15) is 9.90 Å². The number of nitrogens with one attached hydrogen (secondary N) is 2. The molecule has 152 valence electrons. The quantitative estimate of drug-likeness (QED) is 0.388. The summed E-state index contributed by atoms with van der Waals surface area (Å²) in [6.07, 6.45) is 1.75. The first-order valence-corrected chi connectivity index (χ1v) is 9.75. The molecule has 1 amide bonds. The average molecular weight is 386 g/mol. The van der Waals surface area contributed by atoms with Gasteiger partial charge in [-0.15, -0.1) is 0 Å². The summed E-state index contributed by atoms with van der Waals surface area (Å²) in [5, 5.41) is 24.4. The van der Waals surface area contributed by atoms with Crippen molar-refractivity contribution in [3.8, 4) is 0 Å². The number of carboxylic acid groups (broad SMARTS) is 1. The molecule has 2 aromatic rings. The first-order chi connectivity index (χ1) is 13.6. The van der Waals surface area contributed by atoms with E-state index in [0.717, 1.165) is 43.7 Å². The van der Waals surface area contributed by atoms with Crippen LogP contribution in [0.4, 0.5) is 10.5 Å². The summed E-state index contributed by atoms with van der Waals surface area (Å²) in [4.78, 5) is 10.5. The van der Waals surface area contributed by atoms with E-state index in [1.165, 1.54) is 5.56 Å². The van der Waals surface area contributed by atoms with Crippen LogP contribution in [-0.2, 0) is 11.3 Å². The number of ether oxygens (including phenoxy) is 1. The summed E-state index contributed by atoms with van der Waals surface area (Å²) in [6.45, 7) is 2.51. The summed E-state index contributed by atoms with van der Waals surface area (Å²) in [6, 6.07) is 17.8. The zero-order chi connectivity index (χ0) is 20.0. The summed E-state index contributed by atoms with van der Waals surface area (Å²) >= 11 is 0. The van der Waals surface area contributed by atoms with Gasteiger partial charge in [0, 0.05) is 25.4 Å². The minimum atomic E-state index is -1.08. The molecular formula is C22H30N2O4. The van der Waals surface area contributed by atoms with E-state index in [2.05, 4.69) is 22.8 Å². The first-order valence-electron chi connectivity index (χ1n) is 9.75. The number of amides is 1. The lowest BCUT2D eigenvalue weighted by Gasteiger charge is -2.13. The maximum absolute atomic E-state index is 10.5. The van der Waals surface area contributed by atoms with Gasteiger partial charge in [-0.2, -0.15) is 0 Å². The third-order valence-electron chi connectivity index (χ3n) is 4.37. The standard InChI is InChI=1S/C22H30N2O4/c25-21(12-14-24-22(26)27)19-10-7-11-20(16-19)23-13-5-2-6-15-28-17-18-8-3-1-4-9-18/h1,3-4,7-11,16,21,23-25H,2,5-6,12-15,17H2,(H,26,27). The summed E-state index contributed by atoms with van der Waals surface area (Å²) in [5.41, 5.74) is 2.94. The summed E-state index contributed by atoms with van der Waals surface area (Å²) < 4.78 is 5.68. The van der Waals surface area contributed by atoms with E-state index in [0.29, 0.717) is 13.0 Å². The van der Waals surface area contributed by atoms with Gasteiger partial charge in [-0.3, -0.25) is 0 Å². The van der Waals surface area contributed by atoms with Gasteiger partial charge in [-0.1, -0.05) is 42.5 Å². The molecule has 4 N–H and O–H groups in total. The Balaban J connectivity index is 1.56. The molecule has 0 saturated heterocycles. The van der Waals surface area contributed by atoms with Crippen molar-refractivity contribution in [3.05, 3.63) is 65.7 Å². The molecule has 0 aromatic heterocycles. The Morgan fingerprint density at radius 3 is 2.61 bits per heavy atom. The van der Waals surface area contributed by atoms with Crippen molar-refractivity contribution in [2.45, 2.75) is 38.4 Å². The number of carbonyl (C=O) groups is 1. The molecule has 1 unspecified atom stereocenters. The van der Waals surface area contributed by atoms with Crippen LogP contribution in [0.5, 0.6) is 0 Å². The summed E-state index contributed by atoms with van der Waals surface area (Å²) in [7, 11) is 0. The molecule has 0 saturated carbocycles. The average Bonchev–Trinajstić information content (AvgIpc) is 2.70. The molecule has 0 aliphatic carbocycles. The molecule has 2 aromatic carbocycles. The minimum Gasteiger partial charge on any atom is -0.465 e. The second-order valence-corrected chi connectivity index (χ2v) is 6.69. The van der Waals surface area contributed by atoms with Gasteiger partial charge >= 0.3 is 6.09 Å². The van der Waals surface area contributed by atoms with Gasteiger partial charge in [0.1, 0.15) is 0 Å². The number of aliphatic hydroxyl groups excluding tert-OH is 1. The fraction of sp³-hybridized carbons (Fsp3) is 0.409. The van der Waals surface area contributed by atoms with Crippen LogP contribution in [0.3, 0.4) is 0 Å². The highest BCUT2D eigenvalue weighted by Crippen LogP contribution is 2.20. The molecule has 0 bridgehead atoms. The van der Waals surface area contributed by atoms with Crippen LogP contribution in [0.15, 0.2) is 54.6 Å². The van der Waals surface area contributed by atoms with E-state index in [1.807, 2.05) is 42.5 Å². The fourth-order valence-corrected chi connectivity index (χ4v) is 2.84. The number of aliphatic hydroxyl groups is 1. The predicted molar refractivity (Wildman–Crippen MR) is 110 cm³/mol. The van der Waals surface area contributed by atoms with E-state index >= 15 is 0 Å². The first kappa shape index (κ1) is 21.7. The van der Waals surface area contributed by atoms with E-state index in [-0.39, 0.29) is 6.54 Å². The highest BCUT2D eigenvalue weighted by Gasteiger charge is 2.08. The smallest absolute Gasteiger partial charge is 0.404 e. The number of anilines is 1. The maximum atomic E-state index is 10.5. The molecule has 0 spiro atoms. The molecule has 0 radical (unpaired) electrons. The van der Waals surface area contributed by atoms with Crippen molar-refractivity contribution in [3.63, 3.8) is 0 Å². The van der Waals surface area contributed by atoms with Crippen molar-refractivity contribution in [2.24, 2.45) is 0 Å². The van der Waals surface area contributed by atoms with Crippen LogP contribution < -0.4 is 10.6 Å². The Labute approximate surface area is 166 Å². The van der Waals surface area contributed by atoms with Gasteiger partial charge in [-0.05, 0) is 48.9 Å². The molecule has 0 heterocycles. The Kier molecular flexibility index (Phi) is 9.89. The molecular weight excluding hydrogens is 356 g/mol. The highest BCUT2D eigenvalue weighted by molar-refractivity contribution is 5.64. The van der Waals surface area contributed by atoms with Crippen molar-refractivity contribution in [1.82, 2.24) is 5.32 Å². The van der Waals surface area contributed by atoms with Crippen LogP contribution in [0, 0.1) is 0 Å². The topological polar surface area (TPSA) is 90.8 Å². The number of rotatable bonds is 13. The second-order valence-electron chi connectivity index (χ2n) is 6.69. The third kappa shape index (κ3) is 8.88. The number of benzene rings is 2. The lowest BCUT2D eigenvalue weighted by Crippen LogP contribution is -2.23. The van der Waals surface area contributed by atoms with Crippen LogP contribution in [0.1, 0.15) is 42.9 Å². The lowest BCUT2D eigenvalue weighted by molar-refractivity contribution is 0.117. The molecule has 1 atom stereocenters. The van der Waals surface area contributed by atoms with Gasteiger partial charge in [0.2, 0.25) is 0 Å². The Morgan fingerprint density at radius 1 is 1.00 bits per heavy atom. The monoisotopic (exact) mass is 386 g/mol. The zero-order valence-electron chi connectivity index (χ0n) is 16.1. The number of unbranched alkanes of at least 4 members (excludes halogenated alkanes) is 2. The molecule has 28 heavy (non-hydrogen) atoms. The van der Waals surface area contributed by atoms with Crippen LogP contribution >= 0.6 is 0 Å². The van der Waals surface area contributed by atoms with E-state index in [1.54, 1.807) is 0 Å². The second kappa shape index (κ2) is 12.8. The Morgan fingerprint density at radius 2 is 1.82 bits per heavy atom. The highest BCUT2D eigenvalue weighted by atomic mass is 16.5. The van der Waals surface area contributed by atoms with Crippen molar-refractivity contribution in [1.29, 1.82) is 0 Å². The molecule has 0 aliphatic heterocycles. The van der Waals surface area contributed by atoms with Gasteiger partial charge in [0.05, 0.1) is 12.7 Å². The fourth-order valence-electron chi connectivity index (χ4n) is 2.84. The summed E-state index contributed by atoms with van der Waals surface area (Å²) in [5.74, 6) is 0.